The molecule has 0 fully saturated rings. The molecule has 0 aliphatic rings. The standard InChI is InChI=1S/C20H25NO2S/c1-5-8-15-13-16(10-9-14(15)4)20(6-2,7-3)18-12-11-17(24-18)19(22)21-23/h9-13H,5-8H2,1-4H3. The van der Waals surface area contributed by atoms with Gasteiger partial charge in [0.2, 0.25) is 0 Å². The molecule has 0 N–H and O–H groups in total. The van der Waals surface area contributed by atoms with Crippen molar-refractivity contribution in [2.75, 3.05) is 0 Å². The zero-order chi connectivity index (χ0) is 17.7. The van der Waals surface area contributed by atoms with E-state index in [9.17, 15) is 9.70 Å². The van der Waals surface area contributed by atoms with E-state index >= 15 is 0 Å². The van der Waals surface area contributed by atoms with E-state index in [0.717, 1.165) is 30.6 Å². The average molecular weight is 343 g/mol. The second kappa shape index (κ2) is 7.84. The van der Waals surface area contributed by atoms with Gasteiger partial charge >= 0.3 is 5.91 Å². The zero-order valence-electron chi connectivity index (χ0n) is 14.9. The van der Waals surface area contributed by atoms with Crippen molar-refractivity contribution >= 4 is 17.2 Å². The molecule has 0 radical (unpaired) electrons. The molecule has 1 aromatic carbocycles. The number of aryl methyl sites for hydroxylation is 2. The Morgan fingerprint density at radius 3 is 2.42 bits per heavy atom. The third-order valence-electron chi connectivity index (χ3n) is 5.00. The van der Waals surface area contributed by atoms with E-state index < -0.39 is 5.91 Å². The van der Waals surface area contributed by atoms with Crippen LogP contribution < -0.4 is 0 Å². The number of hydrogen-bond donors (Lipinski definition) is 0. The highest BCUT2D eigenvalue weighted by Gasteiger charge is 2.33. The molecule has 1 aromatic heterocycles. The first kappa shape index (κ1) is 18.5. The van der Waals surface area contributed by atoms with E-state index in [0.29, 0.717) is 4.88 Å². The molecule has 2 aromatic rings. The van der Waals surface area contributed by atoms with Crippen molar-refractivity contribution in [2.24, 2.45) is 5.18 Å². The summed E-state index contributed by atoms with van der Waals surface area (Å²) in [6, 6.07) is 10.4. The largest absolute Gasteiger partial charge is 0.326 e. The average Bonchev–Trinajstić information content (AvgIpc) is 3.09. The molecule has 2 rings (SSSR count). The van der Waals surface area contributed by atoms with Crippen LogP contribution in [-0.4, -0.2) is 5.91 Å². The van der Waals surface area contributed by atoms with E-state index in [2.05, 4.69) is 51.1 Å². The number of nitroso groups, excluding NO2 is 1. The number of carbonyl (C=O) groups excluding carboxylic acids is 1. The van der Waals surface area contributed by atoms with Crippen LogP contribution in [0.1, 0.15) is 71.3 Å². The van der Waals surface area contributed by atoms with E-state index in [1.54, 1.807) is 6.07 Å². The number of hydrogen-bond acceptors (Lipinski definition) is 3. The molecule has 1 amide bonds. The van der Waals surface area contributed by atoms with E-state index in [1.165, 1.54) is 28.0 Å². The Morgan fingerprint density at radius 1 is 1.12 bits per heavy atom. The Balaban J connectivity index is 2.55. The fourth-order valence-corrected chi connectivity index (χ4v) is 4.65. The Hall–Kier alpha value is -1.81. The van der Waals surface area contributed by atoms with Gasteiger partial charge in [-0.3, -0.25) is 4.79 Å². The van der Waals surface area contributed by atoms with Crippen LogP contribution >= 0.6 is 11.3 Å². The molecule has 0 unspecified atom stereocenters. The summed E-state index contributed by atoms with van der Waals surface area (Å²) in [6.07, 6.45) is 4.09. The van der Waals surface area contributed by atoms with Crippen molar-refractivity contribution in [3.8, 4) is 0 Å². The third kappa shape index (κ3) is 3.34. The van der Waals surface area contributed by atoms with Gasteiger partial charge < -0.3 is 0 Å². The predicted octanol–water partition coefficient (Wildman–Crippen LogP) is 6.02. The minimum Gasteiger partial charge on any atom is -0.262 e. The van der Waals surface area contributed by atoms with Crippen molar-refractivity contribution in [3.63, 3.8) is 0 Å². The Morgan fingerprint density at radius 2 is 1.83 bits per heavy atom. The molecule has 0 spiro atoms. The predicted molar refractivity (Wildman–Crippen MR) is 101 cm³/mol. The lowest BCUT2D eigenvalue weighted by atomic mass is 9.74. The first-order valence-electron chi connectivity index (χ1n) is 8.60. The minimum atomic E-state index is -0.678. The maximum absolute atomic E-state index is 11.6. The van der Waals surface area contributed by atoms with Crippen LogP contribution in [0.3, 0.4) is 0 Å². The number of thiophene rings is 1. The molecule has 1 heterocycles. The minimum absolute atomic E-state index is 0.123. The Labute approximate surface area is 148 Å². The van der Waals surface area contributed by atoms with Crippen LogP contribution in [-0.2, 0) is 11.8 Å². The van der Waals surface area contributed by atoms with Crippen LogP contribution in [0.25, 0.3) is 0 Å². The van der Waals surface area contributed by atoms with Gasteiger partial charge in [0.05, 0.1) is 4.88 Å². The number of amides is 1. The fraction of sp³-hybridized carbons (Fsp3) is 0.450. The summed E-state index contributed by atoms with van der Waals surface area (Å²) in [5.74, 6) is -0.678. The number of carbonyl (C=O) groups is 1. The van der Waals surface area contributed by atoms with Gasteiger partial charge in [-0.1, -0.05) is 45.4 Å². The van der Waals surface area contributed by atoms with Crippen LogP contribution in [0.2, 0.25) is 0 Å². The van der Waals surface area contributed by atoms with Gasteiger partial charge in [0.15, 0.2) is 0 Å². The second-order valence-corrected chi connectivity index (χ2v) is 7.32. The second-order valence-electron chi connectivity index (χ2n) is 6.24. The maximum Gasteiger partial charge on any atom is 0.326 e. The van der Waals surface area contributed by atoms with Gasteiger partial charge in [-0.05, 0) is 55.0 Å². The molecular weight excluding hydrogens is 318 g/mol. The summed E-state index contributed by atoms with van der Waals surface area (Å²) in [5, 5.41) is 2.55. The molecule has 128 valence electrons. The summed E-state index contributed by atoms with van der Waals surface area (Å²) in [5.41, 5.74) is 3.89. The molecule has 4 heteroatoms. The summed E-state index contributed by atoms with van der Waals surface area (Å²) < 4.78 is 0. The highest BCUT2D eigenvalue weighted by molar-refractivity contribution is 7.14. The summed E-state index contributed by atoms with van der Waals surface area (Å²) in [6.45, 7) is 8.72. The highest BCUT2D eigenvalue weighted by atomic mass is 32.1. The highest BCUT2D eigenvalue weighted by Crippen LogP contribution is 2.42. The monoisotopic (exact) mass is 343 g/mol. The SMILES string of the molecule is CCCc1cc(C(CC)(CC)c2ccc(C(=O)N=O)s2)ccc1C. The fourth-order valence-electron chi connectivity index (χ4n) is 3.41. The first-order chi connectivity index (χ1) is 11.5. The first-order valence-corrected chi connectivity index (χ1v) is 9.42. The molecule has 0 saturated carbocycles. The van der Waals surface area contributed by atoms with Crippen molar-refractivity contribution < 1.29 is 4.79 Å². The smallest absolute Gasteiger partial charge is 0.262 e. The number of rotatable bonds is 7. The lowest BCUT2D eigenvalue weighted by Gasteiger charge is -2.32. The van der Waals surface area contributed by atoms with E-state index in [1.807, 2.05) is 6.07 Å². The normalized spacial score (nSPS) is 11.5. The van der Waals surface area contributed by atoms with Gasteiger partial charge in [0.1, 0.15) is 0 Å². The lowest BCUT2D eigenvalue weighted by molar-refractivity contribution is 0.100. The quantitative estimate of drug-likeness (QED) is 0.577. The lowest BCUT2D eigenvalue weighted by Crippen LogP contribution is -2.25. The molecule has 24 heavy (non-hydrogen) atoms. The van der Waals surface area contributed by atoms with Gasteiger partial charge in [-0.2, -0.15) is 0 Å². The molecule has 0 atom stereocenters. The molecule has 0 aliphatic carbocycles. The zero-order valence-corrected chi connectivity index (χ0v) is 15.7. The molecule has 0 bridgehead atoms. The van der Waals surface area contributed by atoms with Crippen LogP contribution in [0.15, 0.2) is 35.5 Å². The number of nitrogens with zero attached hydrogens (tertiary/aromatic N) is 1. The van der Waals surface area contributed by atoms with E-state index in [-0.39, 0.29) is 5.41 Å². The molecule has 0 saturated heterocycles. The molecule has 3 nitrogen and oxygen atoms in total. The topological polar surface area (TPSA) is 46.5 Å². The third-order valence-corrected chi connectivity index (χ3v) is 6.28. The van der Waals surface area contributed by atoms with Crippen molar-refractivity contribution in [3.05, 3.63) is 61.7 Å². The Bertz CT molecular complexity index is 729. The summed E-state index contributed by atoms with van der Waals surface area (Å²) in [4.78, 5) is 23.7. The van der Waals surface area contributed by atoms with Crippen LogP contribution in [0.4, 0.5) is 0 Å². The van der Waals surface area contributed by atoms with Crippen molar-refractivity contribution in [1.82, 2.24) is 0 Å². The van der Waals surface area contributed by atoms with Crippen molar-refractivity contribution in [1.29, 1.82) is 0 Å². The number of benzene rings is 1. The summed E-state index contributed by atoms with van der Waals surface area (Å²) >= 11 is 1.40. The van der Waals surface area contributed by atoms with Gasteiger partial charge in [0.25, 0.3) is 0 Å². The van der Waals surface area contributed by atoms with Gasteiger partial charge in [-0.15, -0.1) is 16.2 Å². The van der Waals surface area contributed by atoms with Gasteiger partial charge in [0, 0.05) is 15.5 Å². The molecule has 0 aliphatic heterocycles. The maximum atomic E-state index is 11.6. The molecular formula is C20H25NO2S. The van der Waals surface area contributed by atoms with Crippen LogP contribution in [0, 0.1) is 11.8 Å². The summed E-state index contributed by atoms with van der Waals surface area (Å²) in [7, 11) is 0. The van der Waals surface area contributed by atoms with E-state index in [4.69, 9.17) is 0 Å². The van der Waals surface area contributed by atoms with Crippen molar-refractivity contribution in [2.45, 2.75) is 58.8 Å². The van der Waals surface area contributed by atoms with Crippen LogP contribution in [0.5, 0.6) is 0 Å². The Kier molecular flexibility index (Phi) is 6.05. The van der Waals surface area contributed by atoms with Gasteiger partial charge in [-0.25, -0.2) is 0 Å².